The van der Waals surface area contributed by atoms with Crippen LogP contribution in [0.15, 0.2) is 0 Å². The van der Waals surface area contributed by atoms with Crippen LogP contribution in [0.2, 0.25) is 0 Å². The predicted octanol–water partition coefficient (Wildman–Crippen LogP) is 2.26. The molecule has 6 heteroatoms. The van der Waals surface area contributed by atoms with E-state index in [1.54, 1.807) is 0 Å². The average molecular weight is 279 g/mol. The lowest BCUT2D eigenvalue weighted by Gasteiger charge is -2.26. The Morgan fingerprint density at radius 3 is 2.45 bits per heavy atom. The topological polar surface area (TPSA) is 77.2 Å². The molecule has 2 N–H and O–H groups in total. The fraction of sp³-hybridized carbons (Fsp3) is 0.786. The van der Waals surface area contributed by atoms with Gasteiger partial charge in [-0.25, -0.2) is 0 Å². The molecule has 1 unspecified atom stereocenters. The molecular weight excluding hydrogens is 254 g/mol. The summed E-state index contributed by atoms with van der Waals surface area (Å²) < 4.78 is 5.77. The fourth-order valence-electron chi connectivity index (χ4n) is 2.54. The van der Waals surface area contributed by atoms with Crippen LogP contribution in [0.1, 0.15) is 46.5 Å². The Hall–Kier alpha value is -1.59. The maximum Gasteiger partial charge on any atom is 0.323 e. The number of hydrogen-bond acceptors (Lipinski definition) is 6. The normalized spacial score (nSPS) is 17.3. The molecule has 0 amide bonds. The third-order valence-electron chi connectivity index (χ3n) is 3.37. The average Bonchev–Trinajstić information content (AvgIpc) is 2.38. The van der Waals surface area contributed by atoms with Crippen LogP contribution in [-0.2, 0) is 0 Å². The Balaban J connectivity index is 2.07. The predicted molar refractivity (Wildman–Crippen MR) is 79.8 cm³/mol. The summed E-state index contributed by atoms with van der Waals surface area (Å²) >= 11 is 0. The van der Waals surface area contributed by atoms with Gasteiger partial charge in [0.15, 0.2) is 0 Å². The number of hydrogen-bond donors (Lipinski definition) is 1. The standard InChI is InChI=1S/C14H25N5O/c1-10(2)9-11(3)20-14-17-12(15)16-13(18-14)19-7-5-4-6-8-19/h10-11H,4-9H2,1-3H3,(H2,15,16,17,18). The van der Waals surface area contributed by atoms with Crippen molar-refractivity contribution in [2.24, 2.45) is 5.92 Å². The zero-order valence-electron chi connectivity index (χ0n) is 12.7. The summed E-state index contributed by atoms with van der Waals surface area (Å²) in [6, 6.07) is 0.339. The van der Waals surface area contributed by atoms with E-state index < -0.39 is 0 Å². The van der Waals surface area contributed by atoms with Gasteiger partial charge in [-0.15, -0.1) is 0 Å². The molecule has 1 atom stereocenters. The van der Waals surface area contributed by atoms with Crippen molar-refractivity contribution in [3.8, 4) is 6.01 Å². The molecule has 0 aliphatic carbocycles. The van der Waals surface area contributed by atoms with E-state index in [-0.39, 0.29) is 12.1 Å². The van der Waals surface area contributed by atoms with E-state index in [1.165, 1.54) is 19.3 Å². The second-order valence-corrected chi connectivity index (χ2v) is 5.88. The number of piperidine rings is 1. The SMILES string of the molecule is CC(C)CC(C)Oc1nc(N)nc(N2CCCCC2)n1. The Labute approximate surface area is 120 Å². The van der Waals surface area contributed by atoms with Gasteiger partial charge in [0.25, 0.3) is 0 Å². The minimum atomic E-state index is 0.0750. The van der Waals surface area contributed by atoms with Gasteiger partial charge < -0.3 is 15.4 Å². The van der Waals surface area contributed by atoms with E-state index in [2.05, 4.69) is 33.7 Å². The number of anilines is 2. The summed E-state index contributed by atoms with van der Waals surface area (Å²) in [5.74, 6) is 1.45. The molecule has 1 aromatic rings. The highest BCUT2D eigenvalue weighted by atomic mass is 16.5. The summed E-state index contributed by atoms with van der Waals surface area (Å²) in [6.45, 7) is 8.32. The van der Waals surface area contributed by atoms with E-state index in [0.29, 0.717) is 17.9 Å². The Morgan fingerprint density at radius 2 is 1.80 bits per heavy atom. The molecular formula is C14H25N5O. The van der Waals surface area contributed by atoms with Gasteiger partial charge in [0.05, 0.1) is 6.10 Å². The minimum absolute atomic E-state index is 0.0750. The second-order valence-electron chi connectivity index (χ2n) is 5.88. The summed E-state index contributed by atoms with van der Waals surface area (Å²) in [5.41, 5.74) is 5.77. The van der Waals surface area contributed by atoms with Crippen LogP contribution in [0.3, 0.4) is 0 Å². The first-order valence-electron chi connectivity index (χ1n) is 7.47. The first kappa shape index (κ1) is 14.8. The summed E-state index contributed by atoms with van der Waals surface area (Å²) in [7, 11) is 0. The van der Waals surface area contributed by atoms with E-state index in [1.807, 2.05) is 6.92 Å². The molecule has 20 heavy (non-hydrogen) atoms. The largest absolute Gasteiger partial charge is 0.460 e. The van der Waals surface area contributed by atoms with Gasteiger partial charge in [0.1, 0.15) is 0 Å². The third kappa shape index (κ3) is 4.21. The number of rotatable bonds is 5. The molecule has 1 aromatic heterocycles. The van der Waals surface area contributed by atoms with Crippen molar-refractivity contribution in [3.05, 3.63) is 0 Å². The van der Waals surface area contributed by atoms with Gasteiger partial charge in [-0.1, -0.05) is 13.8 Å². The van der Waals surface area contributed by atoms with Crippen LogP contribution in [0.5, 0.6) is 6.01 Å². The van der Waals surface area contributed by atoms with Crippen molar-refractivity contribution in [3.63, 3.8) is 0 Å². The smallest absolute Gasteiger partial charge is 0.323 e. The maximum atomic E-state index is 5.77. The van der Waals surface area contributed by atoms with E-state index >= 15 is 0 Å². The van der Waals surface area contributed by atoms with Crippen molar-refractivity contribution in [1.29, 1.82) is 0 Å². The molecule has 0 saturated carbocycles. The van der Waals surface area contributed by atoms with Crippen LogP contribution in [0.4, 0.5) is 11.9 Å². The number of nitrogen functional groups attached to an aromatic ring is 1. The summed E-state index contributed by atoms with van der Waals surface area (Å²) in [4.78, 5) is 14.9. The molecule has 0 aromatic carbocycles. The molecule has 0 spiro atoms. The molecule has 1 aliphatic rings. The van der Waals surface area contributed by atoms with Crippen molar-refractivity contribution >= 4 is 11.9 Å². The van der Waals surface area contributed by atoms with Crippen LogP contribution in [0, 0.1) is 5.92 Å². The van der Waals surface area contributed by atoms with Gasteiger partial charge in [-0.2, -0.15) is 15.0 Å². The van der Waals surface area contributed by atoms with E-state index in [0.717, 1.165) is 19.5 Å². The molecule has 0 bridgehead atoms. The molecule has 2 rings (SSSR count). The van der Waals surface area contributed by atoms with Gasteiger partial charge in [-0.05, 0) is 38.5 Å². The zero-order chi connectivity index (χ0) is 14.5. The molecule has 6 nitrogen and oxygen atoms in total. The Bertz CT molecular complexity index is 432. The van der Waals surface area contributed by atoms with Crippen molar-refractivity contribution < 1.29 is 4.74 Å². The molecule has 2 heterocycles. The minimum Gasteiger partial charge on any atom is -0.460 e. The number of nitrogens with zero attached hydrogens (tertiary/aromatic N) is 4. The number of aromatic nitrogens is 3. The molecule has 1 aliphatic heterocycles. The maximum absolute atomic E-state index is 5.77. The molecule has 1 fully saturated rings. The highest BCUT2D eigenvalue weighted by molar-refractivity contribution is 5.36. The first-order chi connectivity index (χ1) is 9.54. The van der Waals surface area contributed by atoms with Gasteiger partial charge in [-0.3, -0.25) is 0 Å². The van der Waals surface area contributed by atoms with Gasteiger partial charge in [0, 0.05) is 13.1 Å². The monoisotopic (exact) mass is 279 g/mol. The van der Waals surface area contributed by atoms with Crippen LogP contribution >= 0.6 is 0 Å². The van der Waals surface area contributed by atoms with Crippen molar-refractivity contribution in [1.82, 2.24) is 15.0 Å². The van der Waals surface area contributed by atoms with Crippen LogP contribution < -0.4 is 15.4 Å². The van der Waals surface area contributed by atoms with Crippen molar-refractivity contribution in [2.75, 3.05) is 23.7 Å². The fourth-order valence-corrected chi connectivity index (χ4v) is 2.54. The van der Waals surface area contributed by atoms with E-state index in [4.69, 9.17) is 10.5 Å². The molecule has 112 valence electrons. The van der Waals surface area contributed by atoms with Crippen molar-refractivity contribution in [2.45, 2.75) is 52.6 Å². The second kappa shape index (κ2) is 6.72. The first-order valence-corrected chi connectivity index (χ1v) is 7.47. The highest BCUT2D eigenvalue weighted by Crippen LogP contribution is 2.19. The lowest BCUT2D eigenvalue weighted by Crippen LogP contribution is -2.31. The lowest BCUT2D eigenvalue weighted by atomic mass is 10.1. The third-order valence-corrected chi connectivity index (χ3v) is 3.37. The van der Waals surface area contributed by atoms with Crippen LogP contribution in [0.25, 0.3) is 0 Å². The van der Waals surface area contributed by atoms with Gasteiger partial charge >= 0.3 is 6.01 Å². The number of ether oxygens (including phenoxy) is 1. The summed E-state index contributed by atoms with van der Waals surface area (Å²) in [5, 5.41) is 0. The molecule has 0 radical (unpaired) electrons. The van der Waals surface area contributed by atoms with Gasteiger partial charge in [0.2, 0.25) is 11.9 Å². The lowest BCUT2D eigenvalue weighted by molar-refractivity contribution is 0.177. The summed E-state index contributed by atoms with van der Waals surface area (Å²) in [6.07, 6.45) is 4.65. The zero-order valence-corrected chi connectivity index (χ0v) is 12.7. The Kier molecular flexibility index (Phi) is 4.98. The highest BCUT2D eigenvalue weighted by Gasteiger charge is 2.17. The number of nitrogens with two attached hydrogens (primary N) is 1. The van der Waals surface area contributed by atoms with Crippen LogP contribution in [-0.4, -0.2) is 34.1 Å². The quantitative estimate of drug-likeness (QED) is 0.890. The molecule has 1 saturated heterocycles. The van der Waals surface area contributed by atoms with E-state index in [9.17, 15) is 0 Å². The Morgan fingerprint density at radius 1 is 1.10 bits per heavy atom.